The van der Waals surface area contributed by atoms with Crippen LogP contribution in [0.4, 0.5) is 5.69 Å². The second kappa shape index (κ2) is 5.80. The van der Waals surface area contributed by atoms with Gasteiger partial charge in [0.2, 0.25) is 0 Å². The molecular formula is C14H14ClN3O. The van der Waals surface area contributed by atoms with E-state index in [4.69, 9.17) is 11.6 Å². The molecule has 0 radical (unpaired) electrons. The van der Waals surface area contributed by atoms with Gasteiger partial charge in [-0.3, -0.25) is 4.79 Å². The highest BCUT2D eigenvalue weighted by Gasteiger charge is 2.11. The van der Waals surface area contributed by atoms with E-state index < -0.39 is 0 Å². The highest BCUT2D eigenvalue weighted by atomic mass is 35.5. The molecule has 0 spiro atoms. The number of hydrogen-bond acceptors (Lipinski definition) is 3. The Morgan fingerprint density at radius 2 is 2.05 bits per heavy atom. The summed E-state index contributed by atoms with van der Waals surface area (Å²) < 4.78 is 0. The maximum Gasteiger partial charge on any atom is 0.257 e. The molecule has 5 heteroatoms. The van der Waals surface area contributed by atoms with Gasteiger partial charge in [-0.25, -0.2) is 0 Å². The monoisotopic (exact) mass is 275 g/mol. The Bertz CT molecular complexity index is 613. The number of benzene rings is 1. The minimum atomic E-state index is -0.192. The van der Waals surface area contributed by atoms with Crippen molar-refractivity contribution in [3.05, 3.63) is 52.8 Å². The van der Waals surface area contributed by atoms with E-state index in [0.717, 1.165) is 11.3 Å². The first kappa shape index (κ1) is 13.5. The first-order chi connectivity index (χ1) is 9.10. The standard InChI is InChI=1S/C14H14ClN3O/c1-9-6-13(10(2)18-17-9)14(19)16-12-5-3-4-11(7-12)8-15/h3-7H,8H2,1-2H3,(H,16,19). The number of halogens is 1. The molecule has 1 aromatic carbocycles. The summed E-state index contributed by atoms with van der Waals surface area (Å²) in [7, 11) is 0. The Morgan fingerprint density at radius 3 is 2.79 bits per heavy atom. The minimum absolute atomic E-state index is 0.192. The topological polar surface area (TPSA) is 54.9 Å². The lowest BCUT2D eigenvalue weighted by molar-refractivity contribution is 0.102. The third-order valence-electron chi connectivity index (χ3n) is 2.68. The number of nitrogens with one attached hydrogen (secondary N) is 1. The maximum atomic E-state index is 12.2. The molecule has 2 rings (SSSR count). The van der Waals surface area contributed by atoms with Gasteiger partial charge in [0.25, 0.3) is 5.91 Å². The smallest absolute Gasteiger partial charge is 0.257 e. The van der Waals surface area contributed by atoms with E-state index in [1.54, 1.807) is 19.9 Å². The van der Waals surface area contributed by atoms with E-state index in [-0.39, 0.29) is 5.91 Å². The average molecular weight is 276 g/mol. The number of rotatable bonds is 3. The molecule has 0 unspecified atom stereocenters. The second-order valence-corrected chi connectivity index (χ2v) is 4.54. The number of anilines is 1. The predicted molar refractivity (Wildman–Crippen MR) is 75.5 cm³/mol. The van der Waals surface area contributed by atoms with Crippen LogP contribution in [0.3, 0.4) is 0 Å². The summed E-state index contributed by atoms with van der Waals surface area (Å²) in [6.07, 6.45) is 0. The summed E-state index contributed by atoms with van der Waals surface area (Å²) in [5.41, 5.74) is 3.53. The molecule has 1 heterocycles. The van der Waals surface area contributed by atoms with E-state index in [1.165, 1.54) is 0 Å². The van der Waals surface area contributed by atoms with Crippen molar-refractivity contribution in [1.29, 1.82) is 0 Å². The fourth-order valence-electron chi connectivity index (χ4n) is 1.71. The molecular weight excluding hydrogens is 262 g/mol. The van der Waals surface area contributed by atoms with Crippen molar-refractivity contribution < 1.29 is 4.79 Å². The lowest BCUT2D eigenvalue weighted by atomic mass is 10.1. The number of aryl methyl sites for hydroxylation is 2. The highest BCUT2D eigenvalue weighted by Crippen LogP contribution is 2.14. The number of carbonyl (C=O) groups excluding carboxylic acids is 1. The van der Waals surface area contributed by atoms with Crippen LogP contribution in [0.2, 0.25) is 0 Å². The lowest BCUT2D eigenvalue weighted by Gasteiger charge is -2.08. The summed E-state index contributed by atoms with van der Waals surface area (Å²) in [5.74, 6) is 0.223. The van der Waals surface area contributed by atoms with Gasteiger partial charge < -0.3 is 5.32 Å². The number of alkyl halides is 1. The van der Waals surface area contributed by atoms with Crippen LogP contribution in [-0.2, 0) is 5.88 Å². The quantitative estimate of drug-likeness (QED) is 0.876. The van der Waals surface area contributed by atoms with Crippen LogP contribution in [0.25, 0.3) is 0 Å². The third-order valence-corrected chi connectivity index (χ3v) is 2.99. The molecule has 0 aliphatic rings. The van der Waals surface area contributed by atoms with Crippen LogP contribution in [0.1, 0.15) is 27.3 Å². The average Bonchev–Trinajstić information content (AvgIpc) is 2.41. The fraction of sp³-hybridized carbons (Fsp3) is 0.214. The van der Waals surface area contributed by atoms with Gasteiger partial charge in [-0.05, 0) is 37.6 Å². The predicted octanol–water partition coefficient (Wildman–Crippen LogP) is 3.08. The van der Waals surface area contributed by atoms with Gasteiger partial charge in [0, 0.05) is 11.6 Å². The molecule has 1 N–H and O–H groups in total. The Hall–Kier alpha value is -1.94. The van der Waals surface area contributed by atoms with Crippen LogP contribution in [0.5, 0.6) is 0 Å². The van der Waals surface area contributed by atoms with Crippen LogP contribution in [0, 0.1) is 13.8 Å². The Labute approximate surface area is 116 Å². The Balaban J connectivity index is 2.23. The van der Waals surface area contributed by atoms with E-state index in [9.17, 15) is 4.79 Å². The summed E-state index contributed by atoms with van der Waals surface area (Å²) in [6.45, 7) is 3.56. The molecule has 1 amide bonds. The second-order valence-electron chi connectivity index (χ2n) is 4.27. The van der Waals surface area contributed by atoms with Crippen LogP contribution < -0.4 is 5.32 Å². The largest absolute Gasteiger partial charge is 0.322 e. The van der Waals surface area contributed by atoms with Crippen LogP contribution in [-0.4, -0.2) is 16.1 Å². The first-order valence-corrected chi connectivity index (χ1v) is 6.41. The third kappa shape index (κ3) is 3.29. The molecule has 0 aliphatic heterocycles. The van der Waals surface area contributed by atoms with Crippen LogP contribution in [0.15, 0.2) is 30.3 Å². The summed E-state index contributed by atoms with van der Waals surface area (Å²) in [6, 6.07) is 9.16. The van der Waals surface area contributed by atoms with E-state index in [2.05, 4.69) is 15.5 Å². The molecule has 0 fully saturated rings. The van der Waals surface area contributed by atoms with E-state index >= 15 is 0 Å². The first-order valence-electron chi connectivity index (χ1n) is 5.87. The number of carbonyl (C=O) groups is 1. The van der Waals surface area contributed by atoms with Gasteiger partial charge in [0.15, 0.2) is 0 Å². The van der Waals surface area contributed by atoms with Crippen molar-refractivity contribution in [2.24, 2.45) is 0 Å². The van der Waals surface area contributed by atoms with Crippen molar-refractivity contribution in [1.82, 2.24) is 10.2 Å². The number of aromatic nitrogens is 2. The fourth-order valence-corrected chi connectivity index (χ4v) is 1.88. The molecule has 4 nitrogen and oxygen atoms in total. The zero-order chi connectivity index (χ0) is 13.8. The van der Waals surface area contributed by atoms with E-state index in [0.29, 0.717) is 22.8 Å². The number of nitrogens with zero attached hydrogens (tertiary/aromatic N) is 2. The van der Waals surface area contributed by atoms with Crippen molar-refractivity contribution in [3.8, 4) is 0 Å². The van der Waals surface area contributed by atoms with Crippen molar-refractivity contribution in [2.45, 2.75) is 19.7 Å². The van der Waals surface area contributed by atoms with Gasteiger partial charge in [-0.2, -0.15) is 10.2 Å². The molecule has 19 heavy (non-hydrogen) atoms. The Kier molecular flexibility index (Phi) is 4.12. The van der Waals surface area contributed by atoms with Gasteiger partial charge in [0.1, 0.15) is 0 Å². The summed E-state index contributed by atoms with van der Waals surface area (Å²) >= 11 is 5.77. The SMILES string of the molecule is Cc1cc(C(=O)Nc2cccc(CCl)c2)c(C)nn1. The number of amides is 1. The van der Waals surface area contributed by atoms with Crippen LogP contribution >= 0.6 is 11.6 Å². The summed E-state index contributed by atoms with van der Waals surface area (Å²) in [4.78, 5) is 12.2. The molecule has 0 bridgehead atoms. The van der Waals surface area contributed by atoms with Gasteiger partial charge in [-0.1, -0.05) is 12.1 Å². The molecule has 0 saturated heterocycles. The Morgan fingerprint density at radius 1 is 1.26 bits per heavy atom. The zero-order valence-electron chi connectivity index (χ0n) is 10.8. The molecule has 0 saturated carbocycles. The normalized spacial score (nSPS) is 10.3. The van der Waals surface area contributed by atoms with Gasteiger partial charge in [0.05, 0.1) is 17.0 Å². The summed E-state index contributed by atoms with van der Waals surface area (Å²) in [5, 5.41) is 10.7. The molecule has 98 valence electrons. The minimum Gasteiger partial charge on any atom is -0.322 e. The molecule has 1 aromatic heterocycles. The molecule has 0 aliphatic carbocycles. The van der Waals surface area contributed by atoms with Crippen molar-refractivity contribution in [2.75, 3.05) is 5.32 Å². The molecule has 0 atom stereocenters. The maximum absolute atomic E-state index is 12.2. The van der Waals surface area contributed by atoms with Gasteiger partial charge >= 0.3 is 0 Å². The molecule has 2 aromatic rings. The number of hydrogen-bond donors (Lipinski definition) is 1. The van der Waals surface area contributed by atoms with Crippen molar-refractivity contribution in [3.63, 3.8) is 0 Å². The zero-order valence-corrected chi connectivity index (χ0v) is 11.5. The lowest BCUT2D eigenvalue weighted by Crippen LogP contribution is -2.15. The van der Waals surface area contributed by atoms with Gasteiger partial charge in [-0.15, -0.1) is 11.6 Å². The van der Waals surface area contributed by atoms with Crippen molar-refractivity contribution >= 4 is 23.2 Å². The van der Waals surface area contributed by atoms with E-state index in [1.807, 2.05) is 24.3 Å². The highest BCUT2D eigenvalue weighted by molar-refractivity contribution is 6.17.